The molecule has 0 aliphatic carbocycles. The second kappa shape index (κ2) is 2.73. The van der Waals surface area contributed by atoms with Crippen LogP contribution in [-0.4, -0.2) is 21.2 Å². The molecule has 0 saturated carbocycles. The summed E-state index contributed by atoms with van der Waals surface area (Å²) in [6, 6.07) is 1.83. The summed E-state index contributed by atoms with van der Waals surface area (Å²) in [4.78, 5) is 21.3. The van der Waals surface area contributed by atoms with Crippen LogP contribution in [0.25, 0.3) is 11.0 Å². The van der Waals surface area contributed by atoms with Crippen molar-refractivity contribution in [3.8, 4) is 0 Å². The van der Waals surface area contributed by atoms with E-state index in [0.717, 1.165) is 23.0 Å². The summed E-state index contributed by atoms with van der Waals surface area (Å²) in [5.74, 6) is 0. The molecule has 2 rings (SSSR count). The van der Waals surface area contributed by atoms with Crippen LogP contribution < -0.4 is 0 Å². The van der Waals surface area contributed by atoms with Crippen molar-refractivity contribution in [2.75, 3.05) is 0 Å². The summed E-state index contributed by atoms with van der Waals surface area (Å²) in [7, 11) is 0. The van der Waals surface area contributed by atoms with Crippen molar-refractivity contribution in [3.63, 3.8) is 0 Å². The number of aromatic nitrogens is 3. The number of imidazole rings is 1. The Morgan fingerprint density at radius 3 is 3.25 bits per heavy atom. The molecular formula is C8H7N3O. The van der Waals surface area contributed by atoms with E-state index in [1.807, 2.05) is 6.07 Å². The van der Waals surface area contributed by atoms with Crippen molar-refractivity contribution in [2.24, 2.45) is 0 Å². The fourth-order valence-electron chi connectivity index (χ4n) is 1.15. The first kappa shape index (κ1) is 6.97. The van der Waals surface area contributed by atoms with Gasteiger partial charge in [0.15, 0.2) is 0 Å². The van der Waals surface area contributed by atoms with Crippen LogP contribution in [0.4, 0.5) is 0 Å². The van der Waals surface area contributed by atoms with Crippen LogP contribution in [0.5, 0.6) is 0 Å². The van der Waals surface area contributed by atoms with Crippen LogP contribution >= 0.6 is 0 Å². The predicted octanol–water partition coefficient (Wildman–Crippen LogP) is 0.699. The van der Waals surface area contributed by atoms with E-state index in [4.69, 9.17) is 0 Å². The van der Waals surface area contributed by atoms with E-state index in [1.54, 1.807) is 12.5 Å². The molecule has 2 aromatic rings. The smallest absolute Gasteiger partial charge is 0.126 e. The molecule has 1 N–H and O–H groups in total. The zero-order valence-electron chi connectivity index (χ0n) is 6.32. The van der Waals surface area contributed by atoms with E-state index >= 15 is 0 Å². The van der Waals surface area contributed by atoms with E-state index in [-0.39, 0.29) is 0 Å². The van der Waals surface area contributed by atoms with E-state index < -0.39 is 0 Å². The minimum absolute atomic E-state index is 0.322. The zero-order chi connectivity index (χ0) is 8.39. The first-order valence-electron chi connectivity index (χ1n) is 3.62. The Kier molecular flexibility index (Phi) is 1.59. The third-order valence-electron chi connectivity index (χ3n) is 1.69. The van der Waals surface area contributed by atoms with Crippen LogP contribution in [0, 0.1) is 0 Å². The lowest BCUT2D eigenvalue weighted by atomic mass is 10.2. The number of fused-ring (bicyclic) bond motifs is 1. The van der Waals surface area contributed by atoms with Gasteiger partial charge in [0.1, 0.15) is 11.8 Å². The van der Waals surface area contributed by atoms with Crippen LogP contribution in [-0.2, 0) is 11.2 Å². The monoisotopic (exact) mass is 161 g/mol. The standard InChI is InChI=1S/C8H7N3O/c12-4-2-7-8-6(1-3-9-7)10-5-11-8/h1,3-5H,2H2,(H,10,11). The molecule has 12 heavy (non-hydrogen) atoms. The summed E-state index contributed by atoms with van der Waals surface area (Å²) < 4.78 is 0. The Labute approximate surface area is 68.7 Å². The Bertz CT molecular complexity index is 407. The van der Waals surface area contributed by atoms with Gasteiger partial charge >= 0.3 is 0 Å². The number of aromatic amines is 1. The third-order valence-corrected chi connectivity index (χ3v) is 1.69. The minimum atomic E-state index is 0.322. The molecule has 4 nitrogen and oxygen atoms in total. The van der Waals surface area contributed by atoms with Gasteiger partial charge in [0.2, 0.25) is 0 Å². The maximum Gasteiger partial charge on any atom is 0.126 e. The average molecular weight is 161 g/mol. The topological polar surface area (TPSA) is 58.6 Å². The summed E-state index contributed by atoms with van der Waals surface area (Å²) in [6.07, 6.45) is 4.42. The van der Waals surface area contributed by atoms with Crippen LogP contribution in [0.3, 0.4) is 0 Å². The molecule has 0 amide bonds. The Hall–Kier alpha value is -1.71. The molecule has 0 aliphatic heterocycles. The largest absolute Gasteiger partial charge is 0.344 e. The second-order valence-electron chi connectivity index (χ2n) is 2.43. The summed E-state index contributed by atoms with van der Waals surface area (Å²) in [6.45, 7) is 0. The van der Waals surface area contributed by atoms with Crippen LogP contribution in [0.2, 0.25) is 0 Å². The quantitative estimate of drug-likeness (QED) is 0.659. The maximum absolute atomic E-state index is 10.3. The molecule has 0 fully saturated rings. The molecule has 4 heteroatoms. The number of aldehydes is 1. The average Bonchev–Trinajstić information content (AvgIpc) is 2.53. The highest BCUT2D eigenvalue weighted by Crippen LogP contribution is 2.10. The lowest BCUT2D eigenvalue weighted by Gasteiger charge is -1.93. The van der Waals surface area contributed by atoms with Gasteiger partial charge in [-0.1, -0.05) is 0 Å². The van der Waals surface area contributed by atoms with Gasteiger partial charge < -0.3 is 9.78 Å². The SMILES string of the molecule is O=CCc1nccc2[nH]cnc12. The Morgan fingerprint density at radius 1 is 1.50 bits per heavy atom. The Balaban J connectivity index is 2.65. The van der Waals surface area contributed by atoms with Gasteiger partial charge in [0, 0.05) is 12.6 Å². The van der Waals surface area contributed by atoms with Gasteiger partial charge in [-0.3, -0.25) is 4.98 Å². The molecule has 0 unspecified atom stereocenters. The van der Waals surface area contributed by atoms with Gasteiger partial charge in [0.25, 0.3) is 0 Å². The summed E-state index contributed by atoms with van der Waals surface area (Å²) >= 11 is 0. The molecule has 0 atom stereocenters. The number of H-pyrrole nitrogens is 1. The lowest BCUT2D eigenvalue weighted by Crippen LogP contribution is -1.91. The molecule has 2 aromatic heterocycles. The van der Waals surface area contributed by atoms with Crippen LogP contribution in [0.15, 0.2) is 18.6 Å². The van der Waals surface area contributed by atoms with Gasteiger partial charge in [-0.05, 0) is 6.07 Å². The van der Waals surface area contributed by atoms with Crippen molar-refractivity contribution >= 4 is 17.3 Å². The number of rotatable bonds is 2. The van der Waals surface area contributed by atoms with Gasteiger partial charge in [-0.15, -0.1) is 0 Å². The first-order chi connectivity index (χ1) is 5.92. The fourth-order valence-corrected chi connectivity index (χ4v) is 1.15. The summed E-state index contributed by atoms with van der Waals surface area (Å²) in [5.41, 5.74) is 2.43. The molecule has 2 heterocycles. The fraction of sp³-hybridized carbons (Fsp3) is 0.125. The molecule has 0 radical (unpaired) electrons. The highest BCUT2D eigenvalue weighted by molar-refractivity contribution is 5.78. The van der Waals surface area contributed by atoms with Gasteiger partial charge in [-0.2, -0.15) is 0 Å². The van der Waals surface area contributed by atoms with Gasteiger partial charge in [-0.25, -0.2) is 4.98 Å². The van der Waals surface area contributed by atoms with E-state index in [1.165, 1.54) is 0 Å². The highest BCUT2D eigenvalue weighted by atomic mass is 16.1. The first-order valence-corrected chi connectivity index (χ1v) is 3.62. The normalized spacial score (nSPS) is 10.3. The number of carbonyl (C=O) groups excluding carboxylic acids is 1. The number of pyridine rings is 1. The molecule has 0 spiro atoms. The molecule has 0 aliphatic rings. The number of hydrogen-bond acceptors (Lipinski definition) is 3. The lowest BCUT2D eigenvalue weighted by molar-refractivity contribution is -0.107. The number of nitrogens with one attached hydrogen (secondary N) is 1. The number of carbonyl (C=O) groups is 1. The number of nitrogens with zero attached hydrogens (tertiary/aromatic N) is 2. The molecular weight excluding hydrogens is 154 g/mol. The maximum atomic E-state index is 10.3. The highest BCUT2D eigenvalue weighted by Gasteiger charge is 2.02. The molecule has 0 aromatic carbocycles. The van der Waals surface area contributed by atoms with E-state index in [9.17, 15) is 4.79 Å². The van der Waals surface area contributed by atoms with Crippen LogP contribution in [0.1, 0.15) is 5.69 Å². The van der Waals surface area contributed by atoms with E-state index in [2.05, 4.69) is 15.0 Å². The van der Waals surface area contributed by atoms with Crippen molar-refractivity contribution < 1.29 is 4.79 Å². The van der Waals surface area contributed by atoms with E-state index in [0.29, 0.717) is 6.42 Å². The van der Waals surface area contributed by atoms with Gasteiger partial charge in [0.05, 0.1) is 17.5 Å². The zero-order valence-corrected chi connectivity index (χ0v) is 6.32. The molecule has 0 bridgehead atoms. The number of hydrogen-bond donors (Lipinski definition) is 1. The summed E-state index contributed by atoms with van der Waals surface area (Å²) in [5, 5.41) is 0. The predicted molar refractivity (Wildman–Crippen MR) is 43.7 cm³/mol. The van der Waals surface area contributed by atoms with Crippen molar-refractivity contribution in [1.82, 2.24) is 15.0 Å². The molecule has 60 valence electrons. The molecule has 0 saturated heterocycles. The van der Waals surface area contributed by atoms with Crippen molar-refractivity contribution in [1.29, 1.82) is 0 Å². The van der Waals surface area contributed by atoms with Crippen molar-refractivity contribution in [3.05, 3.63) is 24.3 Å². The third kappa shape index (κ3) is 0.972. The minimum Gasteiger partial charge on any atom is -0.344 e. The second-order valence-corrected chi connectivity index (χ2v) is 2.43. The van der Waals surface area contributed by atoms with Crippen molar-refractivity contribution in [2.45, 2.75) is 6.42 Å². The Morgan fingerprint density at radius 2 is 2.42 bits per heavy atom.